The lowest BCUT2D eigenvalue weighted by atomic mass is 10.0. The van der Waals surface area contributed by atoms with Gasteiger partial charge in [0.25, 0.3) is 0 Å². The summed E-state index contributed by atoms with van der Waals surface area (Å²) in [6.45, 7) is 5.52. The number of ether oxygens (including phenoxy) is 1. The van der Waals surface area contributed by atoms with Gasteiger partial charge in [0.05, 0.1) is 12.6 Å². The highest BCUT2D eigenvalue weighted by molar-refractivity contribution is 5.80. The molecule has 0 spiro atoms. The van der Waals surface area contributed by atoms with Crippen LogP contribution in [0.5, 0.6) is 5.75 Å². The van der Waals surface area contributed by atoms with Crippen molar-refractivity contribution in [2.75, 3.05) is 13.2 Å². The Morgan fingerprint density at radius 1 is 1.40 bits per heavy atom. The molecule has 0 radical (unpaired) electrons. The second-order valence-electron chi connectivity index (χ2n) is 5.26. The number of hydrogen-bond donors (Lipinski definition) is 1. The Balaban J connectivity index is 2.23. The van der Waals surface area contributed by atoms with E-state index in [1.807, 2.05) is 36.1 Å². The summed E-state index contributed by atoms with van der Waals surface area (Å²) in [4.78, 5) is 14.0. The molecule has 4 nitrogen and oxygen atoms in total. The summed E-state index contributed by atoms with van der Waals surface area (Å²) < 4.78 is 5.54. The monoisotopic (exact) mass is 276 g/mol. The third kappa shape index (κ3) is 3.12. The van der Waals surface area contributed by atoms with Crippen molar-refractivity contribution in [3.05, 3.63) is 29.8 Å². The molecule has 4 heteroatoms. The molecule has 1 aliphatic rings. The zero-order chi connectivity index (χ0) is 14.5. The number of amides is 1. The van der Waals surface area contributed by atoms with Gasteiger partial charge in [-0.2, -0.15) is 0 Å². The van der Waals surface area contributed by atoms with Gasteiger partial charge < -0.3 is 15.4 Å². The lowest BCUT2D eigenvalue weighted by Gasteiger charge is -2.27. The molecule has 2 rings (SSSR count). The summed E-state index contributed by atoms with van der Waals surface area (Å²) in [6, 6.07) is 7.79. The molecule has 1 aromatic rings. The lowest BCUT2D eigenvalue weighted by Crippen LogP contribution is -2.33. The highest BCUT2D eigenvalue weighted by atomic mass is 16.5. The summed E-state index contributed by atoms with van der Waals surface area (Å²) in [6.07, 6.45) is 2.53. The van der Waals surface area contributed by atoms with Gasteiger partial charge in [-0.1, -0.05) is 25.5 Å². The maximum absolute atomic E-state index is 12.1. The van der Waals surface area contributed by atoms with Crippen LogP contribution in [0.25, 0.3) is 0 Å². The van der Waals surface area contributed by atoms with Crippen molar-refractivity contribution in [3.8, 4) is 5.75 Å². The van der Waals surface area contributed by atoms with E-state index >= 15 is 0 Å². The van der Waals surface area contributed by atoms with Gasteiger partial charge in [0.15, 0.2) is 0 Å². The molecule has 1 aliphatic heterocycles. The summed E-state index contributed by atoms with van der Waals surface area (Å²) in [5, 5.41) is 0. The van der Waals surface area contributed by atoms with E-state index in [-0.39, 0.29) is 18.0 Å². The van der Waals surface area contributed by atoms with Crippen LogP contribution in [0.4, 0.5) is 0 Å². The SMILES string of the molecule is CCCCN1C(=O)CC(N)C1c1cccc(OCC)c1. The third-order valence-electron chi connectivity index (χ3n) is 3.74. The third-order valence-corrected chi connectivity index (χ3v) is 3.74. The molecule has 1 saturated heterocycles. The largest absolute Gasteiger partial charge is 0.494 e. The second kappa shape index (κ2) is 6.75. The Morgan fingerprint density at radius 2 is 2.20 bits per heavy atom. The fourth-order valence-corrected chi connectivity index (χ4v) is 2.79. The van der Waals surface area contributed by atoms with E-state index < -0.39 is 0 Å². The van der Waals surface area contributed by atoms with Crippen molar-refractivity contribution >= 4 is 5.91 Å². The summed E-state index contributed by atoms with van der Waals surface area (Å²) in [5.74, 6) is 1.00. The van der Waals surface area contributed by atoms with Crippen molar-refractivity contribution in [1.82, 2.24) is 4.90 Å². The molecule has 0 aromatic heterocycles. The molecule has 2 N–H and O–H groups in total. The fourth-order valence-electron chi connectivity index (χ4n) is 2.79. The van der Waals surface area contributed by atoms with E-state index in [4.69, 9.17) is 10.5 Å². The zero-order valence-electron chi connectivity index (χ0n) is 12.3. The molecular formula is C16H24N2O2. The maximum Gasteiger partial charge on any atom is 0.224 e. The predicted molar refractivity (Wildman–Crippen MR) is 79.6 cm³/mol. The minimum atomic E-state index is -0.128. The van der Waals surface area contributed by atoms with Gasteiger partial charge in [-0.15, -0.1) is 0 Å². The van der Waals surface area contributed by atoms with Crippen molar-refractivity contribution in [3.63, 3.8) is 0 Å². The Bertz CT molecular complexity index is 462. The van der Waals surface area contributed by atoms with Gasteiger partial charge in [0, 0.05) is 19.0 Å². The fraction of sp³-hybridized carbons (Fsp3) is 0.562. The lowest BCUT2D eigenvalue weighted by molar-refractivity contribution is -0.129. The van der Waals surface area contributed by atoms with E-state index in [2.05, 4.69) is 6.92 Å². The van der Waals surface area contributed by atoms with Crippen LogP contribution in [0, 0.1) is 0 Å². The number of carbonyl (C=O) groups excluding carboxylic acids is 1. The first-order valence-corrected chi connectivity index (χ1v) is 7.45. The first kappa shape index (κ1) is 14.9. The Morgan fingerprint density at radius 3 is 2.90 bits per heavy atom. The highest BCUT2D eigenvalue weighted by Crippen LogP contribution is 2.33. The molecule has 0 bridgehead atoms. The second-order valence-corrected chi connectivity index (χ2v) is 5.26. The number of hydrogen-bond acceptors (Lipinski definition) is 3. The molecule has 0 aliphatic carbocycles. The van der Waals surface area contributed by atoms with Gasteiger partial charge >= 0.3 is 0 Å². The number of benzene rings is 1. The zero-order valence-corrected chi connectivity index (χ0v) is 12.3. The normalized spacial score (nSPS) is 22.4. The molecule has 0 saturated carbocycles. The molecule has 1 heterocycles. The van der Waals surface area contributed by atoms with Crippen molar-refractivity contribution in [1.29, 1.82) is 0 Å². The topological polar surface area (TPSA) is 55.6 Å². The van der Waals surface area contributed by atoms with Crippen LogP contribution < -0.4 is 10.5 Å². The summed E-state index contributed by atoms with van der Waals surface area (Å²) >= 11 is 0. The van der Waals surface area contributed by atoms with Crippen LogP contribution >= 0.6 is 0 Å². The molecule has 110 valence electrons. The van der Waals surface area contributed by atoms with Crippen LogP contribution in [0.15, 0.2) is 24.3 Å². The molecule has 1 amide bonds. The average molecular weight is 276 g/mol. The van der Waals surface area contributed by atoms with Crippen molar-refractivity contribution in [2.24, 2.45) is 5.73 Å². The molecule has 1 aromatic carbocycles. The minimum absolute atomic E-state index is 0.0190. The Kier molecular flexibility index (Phi) is 5.01. The molecule has 1 fully saturated rings. The van der Waals surface area contributed by atoms with Crippen LogP contribution in [-0.2, 0) is 4.79 Å². The van der Waals surface area contributed by atoms with E-state index in [1.165, 1.54) is 0 Å². The number of likely N-dealkylation sites (tertiary alicyclic amines) is 1. The van der Waals surface area contributed by atoms with Gasteiger partial charge in [0.1, 0.15) is 5.75 Å². The number of unbranched alkanes of at least 4 members (excludes halogenated alkanes) is 1. The number of nitrogens with two attached hydrogens (primary N) is 1. The first-order valence-electron chi connectivity index (χ1n) is 7.45. The summed E-state index contributed by atoms with van der Waals surface area (Å²) in [7, 11) is 0. The summed E-state index contributed by atoms with van der Waals surface area (Å²) in [5.41, 5.74) is 7.26. The van der Waals surface area contributed by atoms with Gasteiger partial charge in [0.2, 0.25) is 5.91 Å². The Labute approximate surface area is 120 Å². The van der Waals surface area contributed by atoms with Crippen LogP contribution in [-0.4, -0.2) is 30.0 Å². The van der Waals surface area contributed by atoms with E-state index in [1.54, 1.807) is 0 Å². The quantitative estimate of drug-likeness (QED) is 0.868. The number of carbonyl (C=O) groups is 1. The van der Waals surface area contributed by atoms with E-state index in [9.17, 15) is 4.79 Å². The van der Waals surface area contributed by atoms with E-state index in [0.29, 0.717) is 13.0 Å². The number of rotatable bonds is 6. The van der Waals surface area contributed by atoms with Crippen molar-refractivity contribution < 1.29 is 9.53 Å². The molecule has 20 heavy (non-hydrogen) atoms. The van der Waals surface area contributed by atoms with Gasteiger partial charge in [-0.3, -0.25) is 4.79 Å². The average Bonchev–Trinajstić information content (AvgIpc) is 2.71. The number of nitrogens with zero attached hydrogens (tertiary/aromatic N) is 1. The van der Waals surface area contributed by atoms with E-state index in [0.717, 1.165) is 30.7 Å². The first-order chi connectivity index (χ1) is 9.67. The van der Waals surface area contributed by atoms with Crippen LogP contribution in [0.2, 0.25) is 0 Å². The smallest absolute Gasteiger partial charge is 0.224 e. The van der Waals surface area contributed by atoms with Crippen molar-refractivity contribution in [2.45, 2.75) is 45.2 Å². The molecule has 2 atom stereocenters. The highest BCUT2D eigenvalue weighted by Gasteiger charge is 2.38. The standard InChI is InChI=1S/C16H24N2O2/c1-3-5-9-18-15(19)11-14(17)16(18)12-7-6-8-13(10-12)20-4-2/h6-8,10,14,16H,3-5,9,11,17H2,1-2H3. The minimum Gasteiger partial charge on any atom is -0.494 e. The van der Waals surface area contributed by atoms with Gasteiger partial charge in [-0.25, -0.2) is 0 Å². The van der Waals surface area contributed by atoms with Gasteiger partial charge in [-0.05, 0) is 31.0 Å². The van der Waals surface area contributed by atoms with Crippen LogP contribution in [0.3, 0.4) is 0 Å². The molecule has 2 unspecified atom stereocenters. The Hall–Kier alpha value is -1.55. The van der Waals surface area contributed by atoms with Crippen LogP contribution in [0.1, 0.15) is 44.7 Å². The predicted octanol–water partition coefficient (Wildman–Crippen LogP) is 2.49. The maximum atomic E-state index is 12.1. The molecular weight excluding hydrogens is 252 g/mol.